The maximum atomic E-state index is 13.5. The van der Waals surface area contributed by atoms with Gasteiger partial charge in [0.2, 0.25) is 0 Å². The van der Waals surface area contributed by atoms with Crippen LogP contribution in [0.2, 0.25) is 0 Å². The highest BCUT2D eigenvalue weighted by atomic mass is 32.2. The van der Waals surface area contributed by atoms with Crippen LogP contribution >= 0.6 is 0 Å². The molecule has 3 rings (SSSR count). The zero-order valence-electron chi connectivity index (χ0n) is 17.9. The highest BCUT2D eigenvalue weighted by molar-refractivity contribution is 7.93. The third kappa shape index (κ3) is 4.86. The number of hydrogen-bond acceptors (Lipinski definition) is 5. The fraction of sp³-hybridized carbons (Fsp3) is 0.208. The van der Waals surface area contributed by atoms with E-state index < -0.39 is 20.9 Å². The molecule has 3 aromatic carbocycles. The van der Waals surface area contributed by atoms with Crippen molar-refractivity contribution < 1.29 is 18.1 Å². The first-order valence-electron chi connectivity index (χ1n) is 10.2. The van der Waals surface area contributed by atoms with E-state index in [1.165, 1.54) is 24.3 Å². The SMILES string of the molecule is CCCCc1ccc(N(C(=O)c2ccc(C)c([N+](=O)[O-])c2)S(=O)(=O)c2ccccc2)cc1. The van der Waals surface area contributed by atoms with Crippen molar-refractivity contribution in [3.05, 3.63) is 99.6 Å². The molecule has 0 fully saturated rings. The van der Waals surface area contributed by atoms with Crippen LogP contribution in [0.15, 0.2) is 77.7 Å². The quantitative estimate of drug-likeness (QED) is 0.342. The van der Waals surface area contributed by atoms with Crippen LogP contribution < -0.4 is 4.31 Å². The molecule has 0 radical (unpaired) electrons. The molecule has 166 valence electrons. The molecule has 0 aromatic heterocycles. The Hall–Kier alpha value is -3.52. The van der Waals surface area contributed by atoms with Gasteiger partial charge in [-0.25, -0.2) is 8.42 Å². The fourth-order valence-corrected chi connectivity index (χ4v) is 4.73. The average molecular weight is 453 g/mol. The molecule has 0 aliphatic carbocycles. The van der Waals surface area contributed by atoms with Crippen LogP contribution in [-0.2, 0) is 16.4 Å². The van der Waals surface area contributed by atoms with E-state index in [4.69, 9.17) is 0 Å². The molecule has 7 nitrogen and oxygen atoms in total. The van der Waals surface area contributed by atoms with Crippen molar-refractivity contribution >= 4 is 27.3 Å². The number of carbonyl (C=O) groups excluding carboxylic acids is 1. The summed E-state index contributed by atoms with van der Waals surface area (Å²) in [5.41, 5.74) is 1.25. The molecule has 0 saturated heterocycles. The normalized spacial score (nSPS) is 11.2. The number of nitro benzene ring substituents is 1. The van der Waals surface area contributed by atoms with Crippen molar-refractivity contribution in [1.29, 1.82) is 0 Å². The van der Waals surface area contributed by atoms with E-state index in [2.05, 4.69) is 6.92 Å². The summed E-state index contributed by atoms with van der Waals surface area (Å²) in [6, 6.07) is 18.3. The maximum Gasteiger partial charge on any atom is 0.273 e. The first-order valence-corrected chi connectivity index (χ1v) is 11.7. The number of anilines is 1. The number of unbranched alkanes of at least 4 members (excludes halogenated alkanes) is 1. The smallest absolute Gasteiger partial charge is 0.268 e. The molecular weight excluding hydrogens is 428 g/mol. The van der Waals surface area contributed by atoms with Crippen LogP contribution in [0, 0.1) is 17.0 Å². The van der Waals surface area contributed by atoms with Gasteiger partial charge in [0.1, 0.15) is 0 Å². The summed E-state index contributed by atoms with van der Waals surface area (Å²) in [7, 11) is -4.26. The summed E-state index contributed by atoms with van der Waals surface area (Å²) in [5, 5.41) is 11.3. The standard InChI is InChI=1S/C24H24N2O5S/c1-3-4-8-19-12-15-21(16-13-19)25(32(30,31)22-9-6-5-7-10-22)24(27)20-14-11-18(2)23(17-20)26(28)29/h5-7,9-17H,3-4,8H2,1-2H3. The lowest BCUT2D eigenvalue weighted by molar-refractivity contribution is -0.385. The molecule has 3 aromatic rings. The van der Waals surface area contributed by atoms with Gasteiger partial charge in [-0.05, 0) is 55.7 Å². The molecule has 0 heterocycles. The number of hydrogen-bond donors (Lipinski definition) is 0. The molecule has 8 heteroatoms. The number of nitro groups is 1. The molecule has 0 aliphatic heterocycles. The van der Waals surface area contributed by atoms with Crippen LogP contribution in [0.4, 0.5) is 11.4 Å². The predicted octanol–water partition coefficient (Wildman–Crippen LogP) is 5.28. The average Bonchev–Trinajstić information content (AvgIpc) is 2.79. The Morgan fingerprint density at radius 3 is 2.25 bits per heavy atom. The molecule has 0 unspecified atom stereocenters. The maximum absolute atomic E-state index is 13.5. The molecule has 0 N–H and O–H groups in total. The lowest BCUT2D eigenvalue weighted by Crippen LogP contribution is -2.37. The monoisotopic (exact) mass is 452 g/mol. The summed E-state index contributed by atoms with van der Waals surface area (Å²) < 4.78 is 27.6. The van der Waals surface area contributed by atoms with Crippen molar-refractivity contribution in [3.63, 3.8) is 0 Å². The zero-order valence-corrected chi connectivity index (χ0v) is 18.7. The van der Waals surface area contributed by atoms with Gasteiger partial charge < -0.3 is 0 Å². The third-order valence-corrected chi connectivity index (χ3v) is 6.83. The van der Waals surface area contributed by atoms with E-state index >= 15 is 0 Å². The van der Waals surface area contributed by atoms with Gasteiger partial charge in [-0.3, -0.25) is 14.9 Å². The van der Waals surface area contributed by atoms with E-state index in [-0.39, 0.29) is 21.8 Å². The Morgan fingerprint density at radius 2 is 1.66 bits per heavy atom. The number of carbonyl (C=O) groups is 1. The molecule has 0 aliphatic rings. The lowest BCUT2D eigenvalue weighted by Gasteiger charge is -2.23. The second kappa shape index (κ2) is 9.74. The predicted molar refractivity (Wildman–Crippen MR) is 123 cm³/mol. The van der Waals surface area contributed by atoms with Crippen LogP contribution in [0.1, 0.15) is 41.3 Å². The van der Waals surface area contributed by atoms with Crippen LogP contribution in [-0.4, -0.2) is 19.2 Å². The van der Waals surface area contributed by atoms with Crippen molar-refractivity contribution in [2.75, 3.05) is 4.31 Å². The number of benzene rings is 3. The summed E-state index contributed by atoms with van der Waals surface area (Å²) in [4.78, 5) is 24.1. The van der Waals surface area contributed by atoms with Gasteiger partial charge in [-0.1, -0.05) is 49.7 Å². The van der Waals surface area contributed by atoms with Crippen LogP contribution in [0.25, 0.3) is 0 Å². The van der Waals surface area contributed by atoms with Gasteiger partial charge >= 0.3 is 0 Å². The van der Waals surface area contributed by atoms with Crippen molar-refractivity contribution in [1.82, 2.24) is 0 Å². The number of rotatable bonds is 8. The Kier molecular flexibility index (Phi) is 7.05. The summed E-state index contributed by atoms with van der Waals surface area (Å²) >= 11 is 0. The summed E-state index contributed by atoms with van der Waals surface area (Å²) in [6.07, 6.45) is 2.87. The summed E-state index contributed by atoms with van der Waals surface area (Å²) in [5.74, 6) is -0.863. The number of amides is 1. The van der Waals surface area contributed by atoms with Gasteiger partial charge in [0.15, 0.2) is 0 Å². The molecule has 0 atom stereocenters. The second-order valence-electron chi connectivity index (χ2n) is 7.42. The van der Waals surface area contributed by atoms with E-state index in [9.17, 15) is 23.3 Å². The minimum absolute atomic E-state index is 0.0509. The van der Waals surface area contributed by atoms with E-state index in [0.29, 0.717) is 9.87 Å². The Bertz CT molecular complexity index is 1220. The number of nitrogens with zero attached hydrogens (tertiary/aromatic N) is 2. The lowest BCUT2D eigenvalue weighted by atomic mass is 10.1. The van der Waals surface area contributed by atoms with Crippen molar-refractivity contribution in [2.24, 2.45) is 0 Å². The van der Waals surface area contributed by atoms with Crippen molar-refractivity contribution in [3.8, 4) is 0 Å². The van der Waals surface area contributed by atoms with Crippen LogP contribution in [0.3, 0.4) is 0 Å². The van der Waals surface area contributed by atoms with Gasteiger partial charge in [0.25, 0.3) is 21.6 Å². The summed E-state index contributed by atoms with van der Waals surface area (Å²) in [6.45, 7) is 3.64. The Morgan fingerprint density at radius 1 is 1.00 bits per heavy atom. The van der Waals surface area contributed by atoms with Gasteiger partial charge in [-0.2, -0.15) is 4.31 Å². The molecule has 0 spiro atoms. The molecular formula is C24H24N2O5S. The van der Waals surface area contributed by atoms with Gasteiger partial charge in [-0.15, -0.1) is 0 Å². The molecule has 0 saturated carbocycles. The highest BCUT2D eigenvalue weighted by Crippen LogP contribution is 2.28. The van der Waals surface area contributed by atoms with Crippen LogP contribution in [0.5, 0.6) is 0 Å². The van der Waals surface area contributed by atoms with Gasteiger partial charge in [0.05, 0.1) is 15.5 Å². The van der Waals surface area contributed by atoms with E-state index in [1.807, 2.05) is 0 Å². The topological polar surface area (TPSA) is 97.6 Å². The van der Waals surface area contributed by atoms with E-state index in [0.717, 1.165) is 30.9 Å². The molecule has 1 amide bonds. The third-order valence-electron chi connectivity index (χ3n) is 5.11. The number of sulfonamides is 1. The largest absolute Gasteiger partial charge is 0.273 e. The Labute approximate surface area is 187 Å². The minimum atomic E-state index is -4.26. The van der Waals surface area contributed by atoms with Crippen molar-refractivity contribution in [2.45, 2.75) is 38.0 Å². The van der Waals surface area contributed by atoms with Gasteiger partial charge in [0, 0.05) is 17.2 Å². The fourth-order valence-electron chi connectivity index (χ4n) is 3.30. The Balaban J connectivity index is 2.12. The highest BCUT2D eigenvalue weighted by Gasteiger charge is 2.32. The minimum Gasteiger partial charge on any atom is -0.268 e. The van der Waals surface area contributed by atoms with E-state index in [1.54, 1.807) is 49.4 Å². The first kappa shape index (κ1) is 23.1. The zero-order chi connectivity index (χ0) is 23.3. The number of aryl methyl sites for hydroxylation is 2. The first-order chi connectivity index (χ1) is 15.3. The molecule has 32 heavy (non-hydrogen) atoms. The second-order valence-corrected chi connectivity index (χ2v) is 9.20. The molecule has 0 bridgehead atoms.